The molecule has 0 fully saturated rings. The van der Waals surface area contributed by atoms with Crippen molar-refractivity contribution in [3.63, 3.8) is 0 Å². The largest absolute Gasteiger partial charge is 0.376 e. The van der Waals surface area contributed by atoms with E-state index < -0.39 is 0 Å². The number of benzene rings is 1. The summed E-state index contributed by atoms with van der Waals surface area (Å²) in [5, 5.41) is 0. The van der Waals surface area contributed by atoms with Crippen molar-refractivity contribution in [3.8, 4) is 0 Å². The number of methoxy groups -OCH3 is 1. The van der Waals surface area contributed by atoms with E-state index in [1.54, 1.807) is 7.11 Å². The number of rotatable bonds is 3. The first kappa shape index (κ1) is 8.62. The first-order valence-electron chi connectivity index (χ1n) is 3.57. The van der Waals surface area contributed by atoms with E-state index in [0.29, 0.717) is 0 Å². The Morgan fingerprint density at radius 1 is 1.36 bits per heavy atom. The summed E-state index contributed by atoms with van der Waals surface area (Å²) in [7, 11) is 1.70. The third kappa shape index (κ3) is 2.24. The van der Waals surface area contributed by atoms with Crippen molar-refractivity contribution >= 4 is 12.6 Å². The molecule has 0 N–H and O–H groups in total. The van der Waals surface area contributed by atoms with Gasteiger partial charge in [0.1, 0.15) is 0 Å². The average Bonchev–Trinajstić information content (AvgIpc) is 2.09. The van der Waals surface area contributed by atoms with Gasteiger partial charge in [0.05, 0.1) is 6.10 Å². The molecule has 0 aliphatic rings. The van der Waals surface area contributed by atoms with Gasteiger partial charge in [-0.2, -0.15) is 12.6 Å². The maximum Gasteiger partial charge on any atom is 0.0908 e. The molecule has 0 aromatic heterocycles. The van der Waals surface area contributed by atoms with Crippen LogP contribution in [0.25, 0.3) is 0 Å². The minimum atomic E-state index is 0.125. The lowest BCUT2D eigenvalue weighted by Gasteiger charge is -2.11. The molecular weight excluding hydrogens is 156 g/mol. The summed E-state index contributed by atoms with van der Waals surface area (Å²) < 4.78 is 5.21. The lowest BCUT2D eigenvalue weighted by atomic mass is 10.1. The van der Waals surface area contributed by atoms with Crippen LogP contribution in [0.3, 0.4) is 0 Å². The SMILES string of the molecule is CO[C@@H](CS)c1ccccc1. The summed E-state index contributed by atoms with van der Waals surface area (Å²) in [4.78, 5) is 0. The van der Waals surface area contributed by atoms with Gasteiger partial charge >= 0.3 is 0 Å². The molecule has 0 bridgehead atoms. The van der Waals surface area contributed by atoms with Crippen LogP contribution < -0.4 is 0 Å². The van der Waals surface area contributed by atoms with Gasteiger partial charge in [0.2, 0.25) is 0 Å². The van der Waals surface area contributed by atoms with E-state index in [-0.39, 0.29) is 6.10 Å². The zero-order chi connectivity index (χ0) is 8.10. The molecule has 1 aromatic rings. The Bertz CT molecular complexity index is 194. The van der Waals surface area contributed by atoms with Crippen molar-refractivity contribution in [2.75, 3.05) is 12.9 Å². The molecular formula is C9H12OS. The van der Waals surface area contributed by atoms with Gasteiger partial charge in [-0.3, -0.25) is 0 Å². The molecule has 1 nitrogen and oxygen atoms in total. The van der Waals surface area contributed by atoms with Gasteiger partial charge < -0.3 is 4.74 Å². The van der Waals surface area contributed by atoms with Gasteiger partial charge in [0.25, 0.3) is 0 Å². The average molecular weight is 168 g/mol. The Labute approximate surface area is 72.8 Å². The molecule has 1 aromatic carbocycles. The highest BCUT2D eigenvalue weighted by atomic mass is 32.1. The van der Waals surface area contributed by atoms with Crippen molar-refractivity contribution in [3.05, 3.63) is 35.9 Å². The van der Waals surface area contributed by atoms with Crippen molar-refractivity contribution < 1.29 is 4.74 Å². The van der Waals surface area contributed by atoms with E-state index >= 15 is 0 Å². The molecule has 0 amide bonds. The predicted octanol–water partition coefficient (Wildman–Crippen LogP) is 2.30. The molecule has 11 heavy (non-hydrogen) atoms. The van der Waals surface area contributed by atoms with Gasteiger partial charge in [-0.1, -0.05) is 30.3 Å². The van der Waals surface area contributed by atoms with Crippen LogP contribution in [0.1, 0.15) is 11.7 Å². The number of ether oxygens (including phenoxy) is 1. The summed E-state index contributed by atoms with van der Waals surface area (Å²) >= 11 is 4.18. The molecule has 0 saturated carbocycles. The summed E-state index contributed by atoms with van der Waals surface area (Å²) in [5.41, 5.74) is 1.19. The molecule has 1 rings (SSSR count). The van der Waals surface area contributed by atoms with E-state index in [1.807, 2.05) is 30.3 Å². The lowest BCUT2D eigenvalue weighted by Crippen LogP contribution is -2.01. The van der Waals surface area contributed by atoms with Crippen molar-refractivity contribution in [1.29, 1.82) is 0 Å². The molecule has 0 unspecified atom stereocenters. The highest BCUT2D eigenvalue weighted by molar-refractivity contribution is 7.80. The Hall–Kier alpha value is -0.470. The molecule has 0 heterocycles. The maximum absolute atomic E-state index is 5.21. The molecule has 60 valence electrons. The molecule has 0 spiro atoms. The van der Waals surface area contributed by atoms with E-state index in [1.165, 1.54) is 5.56 Å². The topological polar surface area (TPSA) is 9.23 Å². The third-order valence-electron chi connectivity index (χ3n) is 1.62. The lowest BCUT2D eigenvalue weighted by molar-refractivity contribution is 0.124. The van der Waals surface area contributed by atoms with Crippen LogP contribution in [0.2, 0.25) is 0 Å². The summed E-state index contributed by atoms with van der Waals surface area (Å²) in [6, 6.07) is 10.1. The Balaban J connectivity index is 2.74. The third-order valence-corrected chi connectivity index (χ3v) is 1.95. The van der Waals surface area contributed by atoms with Crippen LogP contribution in [0.5, 0.6) is 0 Å². The standard InChI is InChI=1S/C9H12OS/c1-10-9(7-11)8-5-3-2-4-6-8/h2-6,9,11H,7H2,1H3/t9-/m0/s1. The molecule has 0 saturated heterocycles. The van der Waals surface area contributed by atoms with E-state index in [2.05, 4.69) is 12.6 Å². The fourth-order valence-corrected chi connectivity index (χ4v) is 1.34. The monoisotopic (exact) mass is 168 g/mol. The van der Waals surface area contributed by atoms with Crippen molar-refractivity contribution in [2.45, 2.75) is 6.10 Å². The van der Waals surface area contributed by atoms with Crippen LogP contribution in [-0.2, 0) is 4.74 Å². The smallest absolute Gasteiger partial charge is 0.0908 e. The van der Waals surface area contributed by atoms with Gasteiger partial charge in [-0.15, -0.1) is 0 Å². The number of thiol groups is 1. The second-order valence-electron chi connectivity index (χ2n) is 2.32. The van der Waals surface area contributed by atoms with Crippen LogP contribution in [0.4, 0.5) is 0 Å². The zero-order valence-corrected chi connectivity index (χ0v) is 7.42. The predicted molar refractivity (Wildman–Crippen MR) is 50.0 cm³/mol. The Morgan fingerprint density at radius 2 is 2.00 bits per heavy atom. The number of hydrogen-bond donors (Lipinski definition) is 1. The normalized spacial score (nSPS) is 12.9. The second kappa shape index (κ2) is 4.42. The maximum atomic E-state index is 5.21. The molecule has 0 radical (unpaired) electrons. The van der Waals surface area contributed by atoms with E-state index in [4.69, 9.17) is 4.74 Å². The Kier molecular flexibility index (Phi) is 3.46. The van der Waals surface area contributed by atoms with Gasteiger partial charge in [-0.25, -0.2) is 0 Å². The quantitative estimate of drug-likeness (QED) is 0.681. The van der Waals surface area contributed by atoms with Crippen LogP contribution in [0.15, 0.2) is 30.3 Å². The van der Waals surface area contributed by atoms with Gasteiger partial charge in [0, 0.05) is 12.9 Å². The summed E-state index contributed by atoms with van der Waals surface area (Å²) in [5.74, 6) is 0.723. The Morgan fingerprint density at radius 3 is 2.45 bits per heavy atom. The highest BCUT2D eigenvalue weighted by Crippen LogP contribution is 2.16. The van der Waals surface area contributed by atoms with Crippen LogP contribution in [0, 0.1) is 0 Å². The summed E-state index contributed by atoms with van der Waals surface area (Å²) in [6.45, 7) is 0. The fourth-order valence-electron chi connectivity index (χ4n) is 0.984. The van der Waals surface area contributed by atoms with Gasteiger partial charge in [-0.05, 0) is 5.56 Å². The molecule has 2 heteroatoms. The number of hydrogen-bond acceptors (Lipinski definition) is 2. The molecule has 0 aliphatic carbocycles. The fraction of sp³-hybridized carbons (Fsp3) is 0.333. The minimum Gasteiger partial charge on any atom is -0.376 e. The minimum absolute atomic E-state index is 0.125. The highest BCUT2D eigenvalue weighted by Gasteiger charge is 2.05. The molecule has 1 atom stereocenters. The van der Waals surface area contributed by atoms with Crippen LogP contribution >= 0.6 is 12.6 Å². The molecule has 0 aliphatic heterocycles. The first-order chi connectivity index (χ1) is 5.38. The van der Waals surface area contributed by atoms with Crippen molar-refractivity contribution in [2.24, 2.45) is 0 Å². The van der Waals surface area contributed by atoms with E-state index in [9.17, 15) is 0 Å². The zero-order valence-electron chi connectivity index (χ0n) is 6.53. The van der Waals surface area contributed by atoms with Gasteiger partial charge in [0.15, 0.2) is 0 Å². The second-order valence-corrected chi connectivity index (χ2v) is 2.68. The first-order valence-corrected chi connectivity index (χ1v) is 4.20. The van der Waals surface area contributed by atoms with Crippen LogP contribution in [-0.4, -0.2) is 12.9 Å². The van der Waals surface area contributed by atoms with Crippen molar-refractivity contribution in [1.82, 2.24) is 0 Å². The van der Waals surface area contributed by atoms with E-state index in [0.717, 1.165) is 5.75 Å². The summed E-state index contributed by atoms with van der Waals surface area (Å²) in [6.07, 6.45) is 0.125.